The van der Waals surface area contributed by atoms with Gasteiger partial charge in [-0.1, -0.05) is 11.9 Å². The molecule has 35 heavy (non-hydrogen) atoms. The summed E-state index contributed by atoms with van der Waals surface area (Å²) in [4.78, 5) is 11.4. The van der Waals surface area contributed by atoms with Gasteiger partial charge in [0.1, 0.15) is 11.9 Å². The van der Waals surface area contributed by atoms with Crippen molar-refractivity contribution >= 4 is 35.0 Å². The molecule has 0 saturated carbocycles. The minimum atomic E-state index is 0.205. The number of nitrogens with two attached hydrogens (primary N) is 1. The van der Waals surface area contributed by atoms with E-state index in [1.807, 2.05) is 24.3 Å². The highest BCUT2D eigenvalue weighted by molar-refractivity contribution is 7.96. The quantitative estimate of drug-likeness (QED) is 0.367. The molecule has 0 radical (unpaired) electrons. The van der Waals surface area contributed by atoms with Crippen molar-refractivity contribution in [1.29, 1.82) is 0 Å². The number of hydrogen-bond acceptors (Lipinski definition) is 9. The number of hydrogen-bond donors (Lipinski definition) is 2. The van der Waals surface area contributed by atoms with E-state index in [-0.39, 0.29) is 6.10 Å². The van der Waals surface area contributed by atoms with E-state index in [2.05, 4.69) is 50.0 Å². The molecule has 3 aromatic rings. The van der Waals surface area contributed by atoms with Gasteiger partial charge in [0.15, 0.2) is 0 Å². The SMILES string of the molecule is CSN1CCC(Oc2ccc(-c3ccnc(Nc4ccc(N5CCOCC5)cc4)n3)cc2N)CC1. The predicted molar refractivity (Wildman–Crippen MR) is 143 cm³/mol. The lowest BCUT2D eigenvalue weighted by Gasteiger charge is -2.30. The van der Waals surface area contributed by atoms with Crippen LogP contribution >= 0.6 is 11.9 Å². The molecule has 5 rings (SSSR count). The molecule has 0 spiro atoms. The zero-order valence-electron chi connectivity index (χ0n) is 20.0. The Morgan fingerprint density at radius 2 is 1.80 bits per heavy atom. The van der Waals surface area contributed by atoms with Crippen LogP contribution in [-0.2, 0) is 4.74 Å². The third-order valence-corrected chi connectivity index (χ3v) is 7.30. The van der Waals surface area contributed by atoms with Crippen LogP contribution in [0.2, 0.25) is 0 Å². The van der Waals surface area contributed by atoms with Gasteiger partial charge < -0.3 is 25.4 Å². The molecule has 184 valence electrons. The Bertz CT molecular complexity index is 1120. The Morgan fingerprint density at radius 3 is 2.51 bits per heavy atom. The fraction of sp³-hybridized carbons (Fsp3) is 0.385. The van der Waals surface area contributed by atoms with Gasteiger partial charge in [-0.05, 0) is 67.6 Å². The highest BCUT2D eigenvalue weighted by Gasteiger charge is 2.21. The molecule has 0 unspecified atom stereocenters. The Morgan fingerprint density at radius 1 is 1.03 bits per heavy atom. The van der Waals surface area contributed by atoms with Crippen molar-refractivity contribution in [3.63, 3.8) is 0 Å². The zero-order valence-corrected chi connectivity index (χ0v) is 20.8. The molecule has 8 nitrogen and oxygen atoms in total. The van der Waals surface area contributed by atoms with Crippen LogP contribution in [0, 0.1) is 0 Å². The number of piperidine rings is 1. The zero-order chi connectivity index (χ0) is 24.0. The monoisotopic (exact) mass is 492 g/mol. The smallest absolute Gasteiger partial charge is 0.227 e. The standard InChI is InChI=1S/C26H32N6O2S/c1-35-32-12-9-22(10-13-32)34-25-7-2-19(18-23(25)27)24-8-11-28-26(30-24)29-20-3-5-21(6-4-20)31-14-16-33-17-15-31/h2-8,11,18,22H,9-10,12-17,27H2,1H3,(H,28,29,30). The molecule has 2 saturated heterocycles. The molecule has 2 aliphatic rings. The van der Waals surface area contributed by atoms with Gasteiger partial charge in [-0.25, -0.2) is 9.97 Å². The molecule has 0 aliphatic carbocycles. The summed E-state index contributed by atoms with van der Waals surface area (Å²) >= 11 is 1.79. The average molecular weight is 493 g/mol. The van der Waals surface area contributed by atoms with Gasteiger partial charge in [0.25, 0.3) is 0 Å². The summed E-state index contributed by atoms with van der Waals surface area (Å²) in [6.45, 7) is 5.46. The molecule has 0 amide bonds. The Hall–Kier alpha value is -3.01. The summed E-state index contributed by atoms with van der Waals surface area (Å²) in [6.07, 6.45) is 6.10. The highest BCUT2D eigenvalue weighted by Crippen LogP contribution is 2.31. The number of rotatable bonds is 7. The minimum Gasteiger partial charge on any atom is -0.488 e. The first-order valence-corrected chi connectivity index (χ1v) is 13.2. The van der Waals surface area contributed by atoms with Crippen molar-refractivity contribution in [2.24, 2.45) is 0 Å². The Balaban J connectivity index is 1.23. The molecule has 0 atom stereocenters. The van der Waals surface area contributed by atoms with Crippen LogP contribution < -0.4 is 20.7 Å². The summed E-state index contributed by atoms with van der Waals surface area (Å²) < 4.78 is 14.0. The fourth-order valence-electron chi connectivity index (χ4n) is 4.41. The summed E-state index contributed by atoms with van der Waals surface area (Å²) in [6, 6.07) is 16.1. The van der Waals surface area contributed by atoms with E-state index in [1.54, 1.807) is 18.1 Å². The maximum Gasteiger partial charge on any atom is 0.227 e. The van der Waals surface area contributed by atoms with Crippen molar-refractivity contribution in [3.8, 4) is 17.0 Å². The normalized spacial score (nSPS) is 17.3. The van der Waals surface area contributed by atoms with Gasteiger partial charge in [0, 0.05) is 49.3 Å². The molecule has 3 heterocycles. The van der Waals surface area contributed by atoms with Gasteiger partial charge in [0.05, 0.1) is 24.6 Å². The number of nitrogens with one attached hydrogen (secondary N) is 1. The van der Waals surface area contributed by atoms with Crippen molar-refractivity contribution in [1.82, 2.24) is 14.3 Å². The number of anilines is 4. The first-order valence-electron chi connectivity index (χ1n) is 12.1. The van der Waals surface area contributed by atoms with Gasteiger partial charge in [-0.2, -0.15) is 0 Å². The van der Waals surface area contributed by atoms with Crippen LogP contribution in [0.25, 0.3) is 11.3 Å². The molecular formula is C26H32N6O2S. The third kappa shape index (κ3) is 5.98. The summed E-state index contributed by atoms with van der Waals surface area (Å²) in [5.41, 5.74) is 10.9. The second kappa shape index (κ2) is 11.2. The van der Waals surface area contributed by atoms with E-state index in [9.17, 15) is 0 Å². The lowest BCUT2D eigenvalue weighted by Crippen LogP contribution is -2.36. The van der Waals surface area contributed by atoms with E-state index < -0.39 is 0 Å². The number of nitrogen functional groups attached to an aromatic ring is 1. The van der Waals surface area contributed by atoms with Crippen LogP contribution in [-0.4, -0.2) is 66.0 Å². The first-order chi connectivity index (χ1) is 17.2. The number of benzene rings is 2. The van der Waals surface area contributed by atoms with Crippen molar-refractivity contribution in [2.75, 3.05) is 61.6 Å². The lowest BCUT2D eigenvalue weighted by atomic mass is 10.1. The maximum absolute atomic E-state index is 6.36. The topological polar surface area (TPSA) is 88.8 Å². The molecule has 9 heteroatoms. The van der Waals surface area contributed by atoms with Crippen LogP contribution in [0.15, 0.2) is 54.7 Å². The predicted octanol–water partition coefficient (Wildman–Crippen LogP) is 4.43. The third-order valence-electron chi connectivity index (χ3n) is 6.41. The van der Waals surface area contributed by atoms with E-state index in [0.29, 0.717) is 11.6 Å². The number of nitrogens with zero attached hydrogens (tertiary/aromatic N) is 4. The molecule has 2 aliphatic heterocycles. The van der Waals surface area contributed by atoms with E-state index in [0.717, 1.165) is 74.9 Å². The second-order valence-electron chi connectivity index (χ2n) is 8.72. The largest absolute Gasteiger partial charge is 0.488 e. The van der Waals surface area contributed by atoms with Gasteiger partial charge >= 0.3 is 0 Å². The van der Waals surface area contributed by atoms with E-state index in [1.165, 1.54) is 5.69 Å². The average Bonchev–Trinajstić information content (AvgIpc) is 2.91. The fourth-order valence-corrected chi connectivity index (χ4v) is 4.99. The second-order valence-corrected chi connectivity index (χ2v) is 9.60. The summed E-state index contributed by atoms with van der Waals surface area (Å²) in [5, 5.41) is 3.31. The Kier molecular flexibility index (Phi) is 7.56. The van der Waals surface area contributed by atoms with Gasteiger partial charge in [0.2, 0.25) is 5.95 Å². The van der Waals surface area contributed by atoms with Crippen LogP contribution in [0.3, 0.4) is 0 Å². The minimum absolute atomic E-state index is 0.205. The van der Waals surface area contributed by atoms with Crippen molar-refractivity contribution < 1.29 is 9.47 Å². The lowest BCUT2D eigenvalue weighted by molar-refractivity contribution is 0.122. The number of aromatic nitrogens is 2. The molecule has 0 bridgehead atoms. The molecule has 3 N–H and O–H groups in total. The first kappa shape index (κ1) is 23.7. The van der Waals surface area contributed by atoms with Crippen LogP contribution in [0.5, 0.6) is 5.75 Å². The molecule has 1 aromatic heterocycles. The summed E-state index contributed by atoms with van der Waals surface area (Å²) in [5.74, 6) is 1.28. The van der Waals surface area contributed by atoms with E-state index >= 15 is 0 Å². The Labute approximate surface area is 211 Å². The van der Waals surface area contributed by atoms with Gasteiger partial charge in [-0.15, -0.1) is 0 Å². The number of ether oxygens (including phenoxy) is 2. The maximum atomic E-state index is 6.36. The molecule has 2 aromatic carbocycles. The number of morpholine rings is 1. The van der Waals surface area contributed by atoms with Gasteiger partial charge in [-0.3, -0.25) is 4.31 Å². The summed E-state index contributed by atoms with van der Waals surface area (Å²) in [7, 11) is 0. The highest BCUT2D eigenvalue weighted by atomic mass is 32.2. The van der Waals surface area contributed by atoms with Crippen molar-refractivity contribution in [2.45, 2.75) is 18.9 Å². The van der Waals surface area contributed by atoms with Crippen molar-refractivity contribution in [3.05, 3.63) is 54.7 Å². The molecule has 2 fully saturated rings. The van der Waals surface area contributed by atoms with Crippen LogP contribution in [0.1, 0.15) is 12.8 Å². The van der Waals surface area contributed by atoms with Crippen LogP contribution in [0.4, 0.5) is 23.0 Å². The van der Waals surface area contributed by atoms with E-state index in [4.69, 9.17) is 20.2 Å². The molecular weight excluding hydrogens is 460 g/mol.